The summed E-state index contributed by atoms with van der Waals surface area (Å²) >= 11 is 1.62. The number of β-amino-alcohol motifs (C(OH)–C–C–N with tert-alkyl or cyclic N) is 1. The van der Waals surface area contributed by atoms with Crippen LogP contribution >= 0.6 is 11.3 Å². The molecule has 0 spiro atoms. The predicted molar refractivity (Wildman–Crippen MR) is 155 cm³/mol. The van der Waals surface area contributed by atoms with E-state index in [9.17, 15) is 19.5 Å². The van der Waals surface area contributed by atoms with Gasteiger partial charge in [-0.05, 0) is 24.5 Å². The maximum atomic E-state index is 13.5. The molecule has 1 aromatic heterocycles. The number of ketones is 1. The highest BCUT2D eigenvalue weighted by Crippen LogP contribution is 2.30. The molecule has 0 unspecified atom stereocenters. The van der Waals surface area contributed by atoms with Crippen LogP contribution in [0, 0.1) is 5.92 Å². The van der Waals surface area contributed by atoms with Crippen molar-refractivity contribution in [2.45, 2.75) is 44.6 Å². The van der Waals surface area contributed by atoms with Gasteiger partial charge in [0.05, 0.1) is 18.8 Å². The molecule has 222 valence electrons. The number of thiazole rings is 1. The van der Waals surface area contributed by atoms with E-state index in [4.69, 9.17) is 14.5 Å². The van der Waals surface area contributed by atoms with E-state index in [2.05, 4.69) is 15.1 Å². The summed E-state index contributed by atoms with van der Waals surface area (Å²) in [6, 6.07) is 5.58. The van der Waals surface area contributed by atoms with Gasteiger partial charge in [0.2, 0.25) is 5.91 Å². The quantitative estimate of drug-likeness (QED) is 0.424. The lowest BCUT2D eigenvalue weighted by molar-refractivity contribution is -0.138. The molecule has 2 N–H and O–H groups in total. The van der Waals surface area contributed by atoms with E-state index in [0.29, 0.717) is 12.0 Å². The van der Waals surface area contributed by atoms with Crippen molar-refractivity contribution >= 4 is 34.1 Å². The van der Waals surface area contributed by atoms with Crippen LogP contribution in [0.4, 0.5) is 5.13 Å². The van der Waals surface area contributed by atoms with Gasteiger partial charge in [0.25, 0.3) is 5.91 Å². The number of Topliss-reactive ketones (excluding diaryl/α,β-unsaturated/α-hetero) is 1. The molecule has 3 aliphatic heterocycles. The Morgan fingerprint density at radius 2 is 1.93 bits per heavy atom. The van der Waals surface area contributed by atoms with Gasteiger partial charge >= 0.3 is 0 Å². The fourth-order valence-corrected chi connectivity index (χ4v) is 6.60. The molecular formula is C29H39N5O6S. The molecule has 5 rings (SSSR count). The molecular weight excluding hydrogens is 546 g/mol. The van der Waals surface area contributed by atoms with E-state index in [1.807, 2.05) is 31.4 Å². The molecule has 2 aromatic rings. The number of aliphatic hydroxyl groups excluding tert-OH is 1. The van der Waals surface area contributed by atoms with E-state index in [1.54, 1.807) is 30.6 Å². The second kappa shape index (κ2) is 13.0. The van der Waals surface area contributed by atoms with Crippen LogP contribution < -0.4 is 10.2 Å². The molecule has 12 heteroatoms. The topological polar surface area (TPSA) is 125 Å². The number of aromatic nitrogens is 1. The zero-order valence-electron chi connectivity index (χ0n) is 23.8. The number of aliphatic hydroxyl groups is 1. The molecule has 11 nitrogen and oxygen atoms in total. The zero-order valence-corrected chi connectivity index (χ0v) is 24.6. The number of piperazine rings is 1. The summed E-state index contributed by atoms with van der Waals surface area (Å²) < 4.78 is 10.6. The summed E-state index contributed by atoms with van der Waals surface area (Å²) in [4.78, 5) is 50.0. The van der Waals surface area contributed by atoms with Gasteiger partial charge in [-0.1, -0.05) is 26.0 Å². The second-order valence-corrected chi connectivity index (χ2v) is 12.2. The Morgan fingerprint density at radius 1 is 1.20 bits per heavy atom. The number of nitrogens with zero attached hydrogens (tertiary/aromatic N) is 4. The lowest BCUT2D eigenvalue weighted by Crippen LogP contribution is -2.52. The molecule has 4 atom stereocenters. The van der Waals surface area contributed by atoms with Crippen molar-refractivity contribution in [3.05, 3.63) is 35.2 Å². The monoisotopic (exact) mass is 585 g/mol. The SMILES string of the molecule is COCCN1CCN(c2nc(-c3ccc(C(=O)N[C@@H](CC(C)C)C(=O)N4C[C@H](O)[C@H]5OCC(=O)[C@H]54)cc3)cs2)CC1. The van der Waals surface area contributed by atoms with Crippen molar-refractivity contribution in [2.75, 3.05) is 64.5 Å². The van der Waals surface area contributed by atoms with E-state index in [0.717, 1.165) is 55.7 Å². The van der Waals surface area contributed by atoms with Gasteiger partial charge in [-0.3, -0.25) is 19.3 Å². The first-order valence-corrected chi connectivity index (χ1v) is 15.1. The van der Waals surface area contributed by atoms with E-state index in [-0.39, 0.29) is 36.7 Å². The third-order valence-corrected chi connectivity index (χ3v) is 8.84. The maximum Gasteiger partial charge on any atom is 0.251 e. The lowest BCUT2D eigenvalue weighted by atomic mass is 10.0. The second-order valence-electron chi connectivity index (χ2n) is 11.3. The first-order chi connectivity index (χ1) is 19.7. The van der Waals surface area contributed by atoms with Crippen LogP contribution in [-0.2, 0) is 19.1 Å². The fraction of sp³-hybridized carbons (Fsp3) is 0.586. The van der Waals surface area contributed by atoms with Crippen molar-refractivity contribution in [1.82, 2.24) is 20.1 Å². The summed E-state index contributed by atoms with van der Waals surface area (Å²) in [6.45, 7) is 9.31. The smallest absolute Gasteiger partial charge is 0.251 e. The standard InChI is InChI=1S/C29H39N5O6S/c1-18(2)14-21(28(38)34-15-23(35)26-25(34)24(36)16-40-26)30-27(37)20-6-4-19(5-7-20)22-17-41-29(31-22)33-10-8-32(9-11-33)12-13-39-3/h4-7,17-18,21,23,25-26,35H,8-16H2,1-3H3,(H,30,37)/t21-,23-,25+,26+/m0/s1. The number of fused-ring (bicyclic) bond motifs is 1. The first kappa shape index (κ1) is 29.6. The number of benzene rings is 1. The summed E-state index contributed by atoms with van der Waals surface area (Å²) in [5.74, 6) is -0.841. The summed E-state index contributed by atoms with van der Waals surface area (Å²) in [7, 11) is 1.73. The van der Waals surface area contributed by atoms with Gasteiger partial charge in [0, 0.05) is 56.3 Å². The van der Waals surface area contributed by atoms with E-state index >= 15 is 0 Å². The average Bonchev–Trinajstić information content (AvgIpc) is 3.69. The van der Waals surface area contributed by atoms with Crippen molar-refractivity contribution < 1.29 is 29.0 Å². The number of ether oxygens (including phenoxy) is 2. The highest BCUT2D eigenvalue weighted by atomic mass is 32.1. The number of rotatable bonds is 10. The van der Waals surface area contributed by atoms with Gasteiger partial charge in [0.15, 0.2) is 10.9 Å². The molecule has 3 fully saturated rings. The third kappa shape index (κ3) is 6.62. The first-order valence-electron chi connectivity index (χ1n) is 14.2. The van der Waals surface area contributed by atoms with Crippen molar-refractivity contribution in [3.63, 3.8) is 0 Å². The molecule has 0 aliphatic carbocycles. The average molecular weight is 586 g/mol. The number of hydrogen-bond acceptors (Lipinski definition) is 10. The van der Waals surface area contributed by atoms with Crippen molar-refractivity contribution in [3.8, 4) is 11.3 Å². The molecule has 1 aromatic carbocycles. The molecule has 2 amide bonds. The Labute approximate surface area is 244 Å². The van der Waals surface area contributed by atoms with Gasteiger partial charge in [0.1, 0.15) is 30.9 Å². The van der Waals surface area contributed by atoms with Gasteiger partial charge in [-0.2, -0.15) is 0 Å². The number of hydrogen-bond donors (Lipinski definition) is 2. The number of methoxy groups -OCH3 is 1. The van der Waals surface area contributed by atoms with E-state index < -0.39 is 24.3 Å². The van der Waals surface area contributed by atoms with Crippen molar-refractivity contribution in [2.24, 2.45) is 5.92 Å². The van der Waals surface area contributed by atoms with Crippen LogP contribution in [0.5, 0.6) is 0 Å². The minimum Gasteiger partial charge on any atom is -0.388 e. The third-order valence-electron chi connectivity index (χ3n) is 7.94. The minimum atomic E-state index is -0.921. The van der Waals surface area contributed by atoms with Crippen LogP contribution in [0.15, 0.2) is 29.6 Å². The maximum absolute atomic E-state index is 13.5. The minimum absolute atomic E-state index is 0.0121. The number of nitrogens with one attached hydrogen (secondary N) is 1. The van der Waals surface area contributed by atoms with Gasteiger partial charge in [-0.15, -0.1) is 11.3 Å². The molecule has 3 aliphatic rings. The van der Waals surface area contributed by atoms with E-state index in [1.165, 1.54) is 4.90 Å². The Morgan fingerprint density at radius 3 is 2.61 bits per heavy atom. The number of likely N-dealkylation sites (tertiary alicyclic amines) is 1. The number of anilines is 1. The van der Waals surface area contributed by atoms with Crippen LogP contribution in [0.3, 0.4) is 0 Å². The Balaban J connectivity index is 1.21. The summed E-state index contributed by atoms with van der Waals surface area (Å²) in [5, 5.41) is 16.2. The molecule has 0 radical (unpaired) electrons. The molecule has 0 bridgehead atoms. The number of carbonyl (C=O) groups excluding carboxylic acids is 3. The largest absolute Gasteiger partial charge is 0.388 e. The van der Waals surface area contributed by atoms with Crippen molar-refractivity contribution in [1.29, 1.82) is 0 Å². The number of amides is 2. The lowest BCUT2D eigenvalue weighted by Gasteiger charge is -2.34. The molecule has 41 heavy (non-hydrogen) atoms. The van der Waals surface area contributed by atoms with Crippen LogP contribution in [0.25, 0.3) is 11.3 Å². The summed E-state index contributed by atoms with van der Waals surface area (Å²) in [5.41, 5.74) is 2.20. The Hall–Kier alpha value is -2.90. The molecule has 3 saturated heterocycles. The fourth-order valence-electron chi connectivity index (χ4n) is 5.71. The highest BCUT2D eigenvalue weighted by Gasteiger charge is 2.52. The normalized spacial score (nSPS) is 23.7. The van der Waals surface area contributed by atoms with Crippen LogP contribution in [0.2, 0.25) is 0 Å². The zero-order chi connectivity index (χ0) is 29.1. The predicted octanol–water partition coefficient (Wildman–Crippen LogP) is 1.26. The van der Waals surface area contributed by atoms with Gasteiger partial charge in [-0.25, -0.2) is 4.98 Å². The summed E-state index contributed by atoms with van der Waals surface area (Å²) in [6.07, 6.45) is -1.22. The highest BCUT2D eigenvalue weighted by molar-refractivity contribution is 7.14. The Kier molecular flexibility index (Phi) is 9.35. The van der Waals surface area contributed by atoms with Crippen LogP contribution in [-0.4, -0.2) is 121 Å². The molecule has 4 heterocycles. The Bertz CT molecular complexity index is 1230. The van der Waals surface area contributed by atoms with Gasteiger partial charge < -0.3 is 29.7 Å². The molecule has 0 saturated carbocycles. The number of carbonyl (C=O) groups is 3. The van der Waals surface area contributed by atoms with Crippen LogP contribution in [0.1, 0.15) is 30.6 Å².